The van der Waals surface area contributed by atoms with E-state index in [0.29, 0.717) is 6.54 Å². The lowest BCUT2D eigenvalue weighted by molar-refractivity contribution is 0.630. The van der Waals surface area contributed by atoms with Crippen LogP contribution in [-0.2, 0) is 6.54 Å². The molecule has 0 atom stereocenters. The van der Waals surface area contributed by atoms with Crippen LogP contribution in [0.2, 0.25) is 0 Å². The molecule has 3 heteroatoms. The zero-order chi connectivity index (χ0) is 10.8. The van der Waals surface area contributed by atoms with Gasteiger partial charge in [0.25, 0.3) is 0 Å². The Morgan fingerprint density at radius 3 is 2.50 bits per heavy atom. The highest BCUT2D eigenvalue weighted by Gasteiger charge is 2.10. The van der Waals surface area contributed by atoms with Gasteiger partial charge in [-0.25, -0.2) is 4.98 Å². The van der Waals surface area contributed by atoms with Gasteiger partial charge in [-0.15, -0.1) is 0 Å². The Balaban J connectivity index is 2.92. The van der Waals surface area contributed by atoms with E-state index < -0.39 is 0 Å². The number of hydrogen-bond donors (Lipinski definition) is 2. The van der Waals surface area contributed by atoms with Gasteiger partial charge in [0.15, 0.2) is 0 Å². The van der Waals surface area contributed by atoms with Crippen molar-refractivity contribution >= 4 is 5.82 Å². The van der Waals surface area contributed by atoms with E-state index in [4.69, 9.17) is 5.73 Å². The summed E-state index contributed by atoms with van der Waals surface area (Å²) in [4.78, 5) is 4.40. The summed E-state index contributed by atoms with van der Waals surface area (Å²) in [5.41, 5.74) is 7.74. The van der Waals surface area contributed by atoms with Crippen LogP contribution in [0.5, 0.6) is 0 Å². The highest BCUT2D eigenvalue weighted by Crippen LogP contribution is 2.14. The largest absolute Gasteiger partial charge is 0.365 e. The number of aryl methyl sites for hydroxylation is 1. The highest BCUT2D eigenvalue weighted by molar-refractivity contribution is 5.41. The van der Waals surface area contributed by atoms with Crippen LogP contribution in [0.1, 0.15) is 32.0 Å². The van der Waals surface area contributed by atoms with Crippen LogP contribution in [0, 0.1) is 6.92 Å². The molecule has 1 aromatic rings. The first-order chi connectivity index (χ1) is 6.40. The van der Waals surface area contributed by atoms with E-state index in [0.717, 1.165) is 17.1 Å². The number of nitrogens with one attached hydrogen (secondary N) is 1. The number of nitrogens with zero attached hydrogens (tertiary/aromatic N) is 1. The molecule has 1 heterocycles. The van der Waals surface area contributed by atoms with E-state index >= 15 is 0 Å². The standard InChI is InChI=1S/C11H19N3/c1-8-5-9(7-12)6-10(13-8)14-11(2,3)4/h5-6H,7,12H2,1-4H3,(H,13,14). The molecule has 0 saturated heterocycles. The van der Waals surface area contributed by atoms with Gasteiger partial charge in [0.2, 0.25) is 0 Å². The molecule has 0 saturated carbocycles. The summed E-state index contributed by atoms with van der Waals surface area (Å²) in [5.74, 6) is 0.901. The zero-order valence-electron chi connectivity index (χ0n) is 9.39. The first kappa shape index (κ1) is 11.0. The number of nitrogens with two attached hydrogens (primary N) is 1. The summed E-state index contributed by atoms with van der Waals surface area (Å²) >= 11 is 0. The molecule has 0 aliphatic carbocycles. The Morgan fingerprint density at radius 2 is 2.00 bits per heavy atom. The average Bonchev–Trinajstić information content (AvgIpc) is 1.99. The van der Waals surface area contributed by atoms with Gasteiger partial charge in [0, 0.05) is 17.8 Å². The fourth-order valence-electron chi connectivity index (χ4n) is 1.31. The second kappa shape index (κ2) is 3.96. The van der Waals surface area contributed by atoms with Crippen molar-refractivity contribution in [2.75, 3.05) is 5.32 Å². The molecule has 0 aliphatic rings. The molecule has 0 unspecified atom stereocenters. The second-order valence-corrected chi connectivity index (χ2v) is 4.58. The van der Waals surface area contributed by atoms with E-state index in [2.05, 4.69) is 31.1 Å². The number of rotatable bonds is 2. The quantitative estimate of drug-likeness (QED) is 0.756. The lowest BCUT2D eigenvalue weighted by Crippen LogP contribution is -2.26. The molecule has 1 aromatic heterocycles. The second-order valence-electron chi connectivity index (χ2n) is 4.58. The Bertz CT molecular complexity index is 313. The third kappa shape index (κ3) is 3.34. The Hall–Kier alpha value is -1.09. The summed E-state index contributed by atoms with van der Waals surface area (Å²) in [6, 6.07) is 4.01. The maximum absolute atomic E-state index is 5.60. The number of aromatic nitrogens is 1. The summed E-state index contributed by atoms with van der Waals surface area (Å²) in [7, 11) is 0. The molecule has 14 heavy (non-hydrogen) atoms. The predicted molar refractivity (Wildman–Crippen MR) is 60.2 cm³/mol. The summed E-state index contributed by atoms with van der Waals surface area (Å²) in [6.07, 6.45) is 0. The normalized spacial score (nSPS) is 11.5. The monoisotopic (exact) mass is 193 g/mol. The maximum Gasteiger partial charge on any atom is 0.126 e. The van der Waals surface area contributed by atoms with Gasteiger partial charge >= 0.3 is 0 Å². The van der Waals surface area contributed by atoms with Gasteiger partial charge in [0.1, 0.15) is 5.82 Å². The molecule has 0 amide bonds. The molecule has 0 aliphatic heterocycles. The van der Waals surface area contributed by atoms with Crippen molar-refractivity contribution in [2.45, 2.75) is 39.8 Å². The van der Waals surface area contributed by atoms with Crippen molar-refractivity contribution < 1.29 is 0 Å². The van der Waals surface area contributed by atoms with E-state index in [1.54, 1.807) is 0 Å². The molecule has 0 spiro atoms. The lowest BCUT2D eigenvalue weighted by Gasteiger charge is -2.21. The van der Waals surface area contributed by atoms with Crippen LogP contribution in [-0.4, -0.2) is 10.5 Å². The van der Waals surface area contributed by atoms with Crippen LogP contribution in [0.15, 0.2) is 12.1 Å². The molecule has 78 valence electrons. The topological polar surface area (TPSA) is 50.9 Å². The summed E-state index contributed by atoms with van der Waals surface area (Å²) < 4.78 is 0. The van der Waals surface area contributed by atoms with E-state index in [1.165, 1.54) is 0 Å². The summed E-state index contributed by atoms with van der Waals surface area (Å²) in [6.45, 7) is 8.87. The first-order valence-corrected chi connectivity index (χ1v) is 4.86. The minimum Gasteiger partial charge on any atom is -0.365 e. The van der Waals surface area contributed by atoms with Gasteiger partial charge in [-0.2, -0.15) is 0 Å². The Kier molecular flexibility index (Phi) is 3.11. The zero-order valence-corrected chi connectivity index (χ0v) is 9.39. The van der Waals surface area contributed by atoms with Gasteiger partial charge in [0.05, 0.1) is 0 Å². The van der Waals surface area contributed by atoms with Gasteiger partial charge in [-0.1, -0.05) is 0 Å². The Labute approximate surface area is 85.7 Å². The molecule has 1 rings (SSSR count). The Morgan fingerprint density at radius 1 is 1.36 bits per heavy atom. The van der Waals surface area contributed by atoms with E-state index in [-0.39, 0.29) is 5.54 Å². The van der Waals surface area contributed by atoms with Crippen LogP contribution >= 0.6 is 0 Å². The first-order valence-electron chi connectivity index (χ1n) is 4.86. The fourth-order valence-corrected chi connectivity index (χ4v) is 1.31. The molecule has 0 bridgehead atoms. The summed E-state index contributed by atoms with van der Waals surface area (Å²) in [5, 5.41) is 3.33. The van der Waals surface area contributed by atoms with Gasteiger partial charge in [-0.3, -0.25) is 0 Å². The van der Waals surface area contributed by atoms with Crippen molar-refractivity contribution in [1.29, 1.82) is 0 Å². The van der Waals surface area contributed by atoms with Crippen LogP contribution in [0.3, 0.4) is 0 Å². The van der Waals surface area contributed by atoms with Crippen molar-refractivity contribution in [2.24, 2.45) is 5.73 Å². The maximum atomic E-state index is 5.60. The average molecular weight is 193 g/mol. The van der Waals surface area contributed by atoms with Crippen molar-refractivity contribution in [3.05, 3.63) is 23.4 Å². The van der Waals surface area contributed by atoms with Crippen LogP contribution < -0.4 is 11.1 Å². The minimum absolute atomic E-state index is 0.0344. The fraction of sp³-hybridized carbons (Fsp3) is 0.545. The van der Waals surface area contributed by atoms with Crippen molar-refractivity contribution in [3.63, 3.8) is 0 Å². The molecule has 0 radical (unpaired) electrons. The number of pyridine rings is 1. The van der Waals surface area contributed by atoms with Crippen LogP contribution in [0.25, 0.3) is 0 Å². The number of anilines is 1. The number of hydrogen-bond acceptors (Lipinski definition) is 3. The molecule has 0 fully saturated rings. The molecule has 0 aromatic carbocycles. The highest BCUT2D eigenvalue weighted by atomic mass is 15.0. The third-order valence-corrected chi connectivity index (χ3v) is 1.75. The lowest BCUT2D eigenvalue weighted by atomic mass is 10.1. The van der Waals surface area contributed by atoms with Gasteiger partial charge in [-0.05, 0) is 45.4 Å². The van der Waals surface area contributed by atoms with E-state index in [1.807, 2.05) is 19.1 Å². The van der Waals surface area contributed by atoms with Crippen molar-refractivity contribution in [1.82, 2.24) is 4.98 Å². The molecular formula is C11H19N3. The SMILES string of the molecule is Cc1cc(CN)cc(NC(C)(C)C)n1. The molecular weight excluding hydrogens is 174 g/mol. The smallest absolute Gasteiger partial charge is 0.126 e. The predicted octanol–water partition coefficient (Wildman–Crippen LogP) is 2.06. The van der Waals surface area contributed by atoms with Gasteiger partial charge < -0.3 is 11.1 Å². The van der Waals surface area contributed by atoms with Crippen molar-refractivity contribution in [3.8, 4) is 0 Å². The van der Waals surface area contributed by atoms with E-state index in [9.17, 15) is 0 Å². The molecule has 3 N–H and O–H groups in total. The van der Waals surface area contributed by atoms with Crippen LogP contribution in [0.4, 0.5) is 5.82 Å². The molecule has 3 nitrogen and oxygen atoms in total. The minimum atomic E-state index is 0.0344. The third-order valence-electron chi connectivity index (χ3n) is 1.75.